The van der Waals surface area contributed by atoms with E-state index in [1.54, 1.807) is 11.8 Å². The highest BCUT2D eigenvalue weighted by Gasteiger charge is 2.27. The zero-order chi connectivity index (χ0) is 22.5. The van der Waals surface area contributed by atoms with Crippen LogP contribution in [0.1, 0.15) is 39.0 Å². The summed E-state index contributed by atoms with van der Waals surface area (Å²) in [6.45, 7) is 7.08. The van der Waals surface area contributed by atoms with Crippen molar-refractivity contribution in [2.45, 2.75) is 38.6 Å². The van der Waals surface area contributed by atoms with Crippen molar-refractivity contribution in [3.63, 3.8) is 0 Å². The summed E-state index contributed by atoms with van der Waals surface area (Å²) in [5.41, 5.74) is 3.27. The smallest absolute Gasteiger partial charge is 0.247 e. The molecule has 1 aliphatic rings. The Hall–Kier alpha value is -2.52. The molecule has 4 rings (SSSR count). The summed E-state index contributed by atoms with van der Waals surface area (Å²) >= 11 is 5.20. The molecule has 0 saturated heterocycles. The van der Waals surface area contributed by atoms with E-state index >= 15 is 0 Å². The van der Waals surface area contributed by atoms with E-state index in [0.29, 0.717) is 41.4 Å². The van der Waals surface area contributed by atoms with Crippen LogP contribution in [0.4, 0.5) is 5.69 Å². The summed E-state index contributed by atoms with van der Waals surface area (Å²) in [7, 11) is 0. The standard InChI is InChI=1S/C23H25BrN4O3S/c1-4-11-32-23-26-22-19(27-28-23)15-9-7-8-10-17(15)25-21(31-22)14-12-16(24)20(30-6-3)18(13-14)29-5-2/h7-10,12-13,21,25H,4-6,11H2,1-3H3. The highest BCUT2D eigenvalue weighted by atomic mass is 79.9. The molecule has 32 heavy (non-hydrogen) atoms. The van der Waals surface area contributed by atoms with Crippen LogP contribution < -0.4 is 19.5 Å². The number of fused-ring (bicyclic) bond motifs is 3. The van der Waals surface area contributed by atoms with Crippen LogP contribution in [-0.4, -0.2) is 34.1 Å². The molecule has 2 heterocycles. The maximum absolute atomic E-state index is 6.38. The van der Waals surface area contributed by atoms with Gasteiger partial charge in [0.05, 0.1) is 17.7 Å². The van der Waals surface area contributed by atoms with Gasteiger partial charge in [-0.05, 0) is 54.4 Å². The average Bonchev–Trinajstić information content (AvgIpc) is 2.96. The van der Waals surface area contributed by atoms with Crippen molar-refractivity contribution in [2.75, 3.05) is 24.3 Å². The molecule has 1 unspecified atom stereocenters. The number of hydrogen-bond donors (Lipinski definition) is 1. The van der Waals surface area contributed by atoms with E-state index < -0.39 is 6.23 Å². The molecule has 2 aromatic carbocycles. The molecule has 7 nitrogen and oxygen atoms in total. The molecule has 9 heteroatoms. The Bertz CT molecular complexity index is 1100. The number of nitrogens with one attached hydrogen (secondary N) is 1. The summed E-state index contributed by atoms with van der Waals surface area (Å²) in [6, 6.07) is 11.8. The van der Waals surface area contributed by atoms with Gasteiger partial charge in [-0.25, -0.2) is 0 Å². The quantitative estimate of drug-likeness (QED) is 0.359. The lowest BCUT2D eigenvalue weighted by Crippen LogP contribution is -2.17. The van der Waals surface area contributed by atoms with E-state index in [4.69, 9.17) is 14.2 Å². The molecule has 0 aliphatic carbocycles. The number of thioether (sulfide) groups is 1. The molecule has 0 fully saturated rings. The van der Waals surface area contributed by atoms with Crippen LogP contribution in [0.25, 0.3) is 11.3 Å². The van der Waals surface area contributed by atoms with Crippen molar-refractivity contribution in [1.82, 2.24) is 15.2 Å². The first-order valence-electron chi connectivity index (χ1n) is 10.6. The van der Waals surface area contributed by atoms with Crippen molar-refractivity contribution in [3.8, 4) is 28.6 Å². The molecule has 1 atom stereocenters. The predicted octanol–water partition coefficient (Wildman–Crippen LogP) is 6.10. The van der Waals surface area contributed by atoms with Gasteiger partial charge in [0, 0.05) is 22.6 Å². The molecule has 0 bridgehead atoms. The third-order valence-electron chi connectivity index (χ3n) is 4.69. The SMILES string of the molecule is CCCSc1nnc2c(n1)OC(c1cc(Br)c(OCC)c(OCC)c1)Nc1ccccc1-2. The van der Waals surface area contributed by atoms with Gasteiger partial charge < -0.3 is 19.5 Å². The highest BCUT2D eigenvalue weighted by Crippen LogP contribution is 2.43. The molecule has 1 aromatic heterocycles. The second kappa shape index (κ2) is 10.4. The first-order chi connectivity index (χ1) is 15.6. The van der Waals surface area contributed by atoms with Crippen molar-refractivity contribution >= 4 is 33.4 Å². The maximum Gasteiger partial charge on any atom is 0.247 e. The lowest BCUT2D eigenvalue weighted by Gasteiger charge is -2.22. The van der Waals surface area contributed by atoms with Crippen LogP contribution >= 0.6 is 27.7 Å². The topological polar surface area (TPSA) is 78.4 Å². The Balaban J connectivity index is 1.78. The van der Waals surface area contributed by atoms with Crippen LogP contribution in [0.2, 0.25) is 0 Å². The number of anilines is 1. The largest absolute Gasteiger partial charge is 0.490 e. The Morgan fingerprint density at radius 2 is 1.91 bits per heavy atom. The summed E-state index contributed by atoms with van der Waals surface area (Å²) in [6.07, 6.45) is 0.517. The van der Waals surface area contributed by atoms with Gasteiger partial charge in [-0.15, -0.1) is 10.2 Å². The number of benzene rings is 2. The Labute approximate surface area is 200 Å². The fraction of sp³-hybridized carbons (Fsp3) is 0.348. The van der Waals surface area contributed by atoms with Crippen LogP contribution in [-0.2, 0) is 0 Å². The molecular weight excluding hydrogens is 492 g/mol. The predicted molar refractivity (Wildman–Crippen MR) is 130 cm³/mol. The number of hydrogen-bond acceptors (Lipinski definition) is 8. The molecule has 0 saturated carbocycles. The Morgan fingerprint density at radius 3 is 2.69 bits per heavy atom. The number of halogens is 1. The molecule has 0 radical (unpaired) electrons. The minimum Gasteiger partial charge on any atom is -0.490 e. The van der Waals surface area contributed by atoms with Crippen molar-refractivity contribution in [2.24, 2.45) is 0 Å². The van der Waals surface area contributed by atoms with Crippen molar-refractivity contribution in [1.29, 1.82) is 0 Å². The first-order valence-corrected chi connectivity index (χ1v) is 12.4. The Morgan fingerprint density at radius 1 is 1.09 bits per heavy atom. The fourth-order valence-electron chi connectivity index (χ4n) is 3.34. The summed E-state index contributed by atoms with van der Waals surface area (Å²) in [5, 5.41) is 12.8. The molecule has 168 valence electrons. The summed E-state index contributed by atoms with van der Waals surface area (Å²) in [5.74, 6) is 2.70. The van der Waals surface area contributed by atoms with Gasteiger partial charge in [0.15, 0.2) is 23.4 Å². The first kappa shape index (κ1) is 22.7. The highest BCUT2D eigenvalue weighted by molar-refractivity contribution is 9.10. The average molecular weight is 517 g/mol. The number of ether oxygens (including phenoxy) is 3. The number of para-hydroxylation sites is 1. The van der Waals surface area contributed by atoms with E-state index in [9.17, 15) is 0 Å². The second-order valence-corrected chi connectivity index (χ2v) is 8.90. The lowest BCUT2D eigenvalue weighted by atomic mass is 10.1. The van der Waals surface area contributed by atoms with Crippen LogP contribution in [0.15, 0.2) is 46.0 Å². The van der Waals surface area contributed by atoms with Crippen LogP contribution in [0.3, 0.4) is 0 Å². The van der Waals surface area contributed by atoms with E-state index in [2.05, 4.69) is 43.4 Å². The van der Waals surface area contributed by atoms with Crippen LogP contribution in [0.5, 0.6) is 17.4 Å². The zero-order valence-electron chi connectivity index (χ0n) is 18.2. The number of nitrogens with zero attached hydrogens (tertiary/aromatic N) is 3. The van der Waals surface area contributed by atoms with E-state index in [1.165, 1.54) is 0 Å². The van der Waals surface area contributed by atoms with Crippen molar-refractivity contribution in [3.05, 3.63) is 46.4 Å². The van der Waals surface area contributed by atoms with Crippen LogP contribution in [0, 0.1) is 0 Å². The molecule has 1 N–H and O–H groups in total. The number of rotatable bonds is 8. The van der Waals surface area contributed by atoms with Gasteiger partial charge >= 0.3 is 0 Å². The van der Waals surface area contributed by atoms with Gasteiger partial charge in [0.1, 0.15) is 0 Å². The maximum atomic E-state index is 6.38. The molecule has 0 amide bonds. The third kappa shape index (κ3) is 4.78. The van der Waals surface area contributed by atoms with E-state index in [1.807, 2.05) is 50.2 Å². The minimum atomic E-state index is -0.510. The lowest BCUT2D eigenvalue weighted by molar-refractivity contribution is 0.223. The molecule has 3 aromatic rings. The monoisotopic (exact) mass is 516 g/mol. The Kier molecular flexibility index (Phi) is 7.36. The van der Waals surface area contributed by atoms with Gasteiger partial charge in [-0.3, -0.25) is 0 Å². The normalized spacial score (nSPS) is 14.4. The minimum absolute atomic E-state index is 0.448. The summed E-state index contributed by atoms with van der Waals surface area (Å²) < 4.78 is 18.8. The van der Waals surface area contributed by atoms with Gasteiger partial charge in [-0.2, -0.15) is 4.98 Å². The van der Waals surface area contributed by atoms with E-state index in [0.717, 1.165) is 33.5 Å². The third-order valence-corrected chi connectivity index (χ3v) is 6.32. The number of aromatic nitrogens is 3. The van der Waals surface area contributed by atoms with E-state index in [-0.39, 0.29) is 0 Å². The fourth-order valence-corrected chi connectivity index (χ4v) is 4.55. The van der Waals surface area contributed by atoms with Crippen molar-refractivity contribution < 1.29 is 14.2 Å². The molecule has 0 spiro atoms. The molecular formula is C23H25BrN4O3S. The molecule has 1 aliphatic heterocycles. The summed E-state index contributed by atoms with van der Waals surface area (Å²) in [4.78, 5) is 4.67. The zero-order valence-corrected chi connectivity index (χ0v) is 20.6. The van der Waals surface area contributed by atoms with Gasteiger partial charge in [-0.1, -0.05) is 36.9 Å². The van der Waals surface area contributed by atoms with Gasteiger partial charge in [0.25, 0.3) is 0 Å². The van der Waals surface area contributed by atoms with Gasteiger partial charge in [0.2, 0.25) is 11.0 Å². The second-order valence-electron chi connectivity index (χ2n) is 6.98.